The summed E-state index contributed by atoms with van der Waals surface area (Å²) in [6.07, 6.45) is 5.39. The Labute approximate surface area is 631 Å². The van der Waals surface area contributed by atoms with Gasteiger partial charge >= 0.3 is 6.18 Å². The zero-order valence-corrected chi connectivity index (χ0v) is 65.4. The Morgan fingerprint density at radius 3 is 2.05 bits per heavy atom. The number of halogens is 4. The lowest BCUT2D eigenvalue weighted by molar-refractivity contribution is -0.153. The Hall–Kier alpha value is -7.92. The SMILES string of the molecule is C=CCCC[C@H]1C(=O)N[C@@H]([C@@H](C)CC)C(=O)N(C)CC(=O)N(C)[C@H]2C/C=C\CCN(C2=O)[C@@H](Cc2ccc(Br)cc2)C(=O)N(C)CC(=O)N[C@@H](CCc2ccc(C(F)(F)F)c(OC)c2)C(=O)N2C[C@H](OCC)C[C@H]2C(=O)NC2(CCC2)CN(C)[C@@H](C2CCCC2)C(=O)N(C)[C@H](C(=O)N(C)CC)CC(=O)N1C. The summed E-state index contributed by atoms with van der Waals surface area (Å²) in [7, 11) is 11.6. The summed E-state index contributed by atoms with van der Waals surface area (Å²) in [4.78, 5) is 179. The summed E-state index contributed by atoms with van der Waals surface area (Å²) < 4.78 is 54.6. The maximum Gasteiger partial charge on any atom is 0.419 e. The van der Waals surface area contributed by atoms with Gasteiger partial charge in [-0.1, -0.05) is 85.5 Å². The smallest absolute Gasteiger partial charge is 0.419 e. The van der Waals surface area contributed by atoms with Crippen LogP contribution in [0.3, 0.4) is 0 Å². The first kappa shape index (κ1) is 85.3. The Kier molecular flexibility index (Phi) is 31.2. The number of unbranched alkanes of at least 4 members (excludes halogenated alkanes) is 1. The third-order valence-corrected chi connectivity index (χ3v) is 22.7. The minimum atomic E-state index is -4.76. The Morgan fingerprint density at radius 2 is 1.43 bits per heavy atom. The summed E-state index contributed by atoms with van der Waals surface area (Å²) >= 11 is 3.47. The Balaban J connectivity index is 1.33. The molecule has 106 heavy (non-hydrogen) atoms. The molecular weight excluding hydrogens is 1440 g/mol. The molecule has 3 N–H and O–H groups in total. The van der Waals surface area contributed by atoms with E-state index in [0.717, 1.165) is 35.4 Å². The van der Waals surface area contributed by atoms with Crippen LogP contribution in [-0.4, -0.2) is 271 Å². The first-order valence-electron chi connectivity index (χ1n) is 37.4. The van der Waals surface area contributed by atoms with E-state index in [2.05, 4.69) is 38.5 Å². The maximum absolute atomic E-state index is 15.6. The van der Waals surface area contributed by atoms with Crippen LogP contribution in [0.5, 0.6) is 5.75 Å². The van der Waals surface area contributed by atoms with Gasteiger partial charge < -0.3 is 64.6 Å². The van der Waals surface area contributed by atoms with Crippen LogP contribution in [-0.2, 0) is 76.5 Å². The zero-order valence-electron chi connectivity index (χ0n) is 63.9. The van der Waals surface area contributed by atoms with E-state index in [0.29, 0.717) is 68.9 Å². The largest absolute Gasteiger partial charge is 0.496 e. The number of alkyl halides is 3. The van der Waals surface area contributed by atoms with Crippen LogP contribution >= 0.6 is 15.9 Å². The number of nitrogens with one attached hydrogen (secondary N) is 3. The summed E-state index contributed by atoms with van der Waals surface area (Å²) in [5.41, 5.74) is -1.00. The second-order valence-electron chi connectivity index (χ2n) is 29.5. The highest BCUT2D eigenvalue weighted by atomic mass is 79.9. The monoisotopic (exact) mass is 1550 g/mol. The number of fused-ring (bicyclic) bond motifs is 3. The lowest BCUT2D eigenvalue weighted by Gasteiger charge is -2.48. The van der Waals surface area contributed by atoms with Gasteiger partial charge in [-0.25, -0.2) is 0 Å². The van der Waals surface area contributed by atoms with E-state index in [-0.39, 0.29) is 77.2 Å². The topological polar surface area (TPSA) is 271 Å². The van der Waals surface area contributed by atoms with Crippen molar-refractivity contribution in [1.29, 1.82) is 0 Å². The molecule has 29 heteroatoms. The standard InChI is InChI=1S/C77H112BrF3N12O13/c1-14-18-20-28-57-68(97)83-66(49(5)15-2)74(103)87(8)47-65(96)90(11)58-29-21-19-24-40-92(73(58)102)61(41-50-30-34-53(78)35-31-50)72(101)86(7)46-63(94)82-56(37-33-51-32-36-55(77(79,80)81)62(42-51)105-13)70(99)93-45-54(106-17-4)43-59(93)69(98)84-76(38-25-39-76)48-88(9)67(52-26-22-23-27-52)75(104)91(12)60(44-64(95)89(57)10)71(100)85(6)16-3/h14,19,21,30-32,34-36,42,49,52,54,56-61,66-67H,1,15-18,20,22-29,33,37-41,43-48H2,2-13H3,(H,82,94)(H,83,97)(H,84,98)/b21-19-/t49-,54+,56-,57-,58-,59-,60-,61-,66-,67-/m0/s1. The van der Waals surface area contributed by atoms with Gasteiger partial charge in [0.25, 0.3) is 0 Å². The Bertz CT molecular complexity index is 3480. The fraction of sp³-hybridized carbons (Fsp3) is 0.649. The molecule has 3 heterocycles. The predicted molar refractivity (Wildman–Crippen MR) is 397 cm³/mol. The second kappa shape index (κ2) is 38.7. The van der Waals surface area contributed by atoms with Crippen LogP contribution in [0, 0.1) is 11.8 Å². The van der Waals surface area contributed by atoms with Crippen LogP contribution in [0.15, 0.2) is 71.7 Å². The second-order valence-corrected chi connectivity index (χ2v) is 30.4. The molecule has 2 saturated carbocycles. The van der Waals surface area contributed by atoms with Crippen LogP contribution in [0.25, 0.3) is 0 Å². The molecule has 1 spiro atoms. The van der Waals surface area contributed by atoms with Crippen molar-refractivity contribution in [3.63, 3.8) is 0 Å². The summed E-state index contributed by atoms with van der Waals surface area (Å²) in [5, 5.41) is 9.07. The van der Waals surface area contributed by atoms with E-state index >= 15 is 28.8 Å². The molecular formula is C77H112BrF3N12O13. The zero-order chi connectivity index (χ0) is 78.1. The van der Waals surface area contributed by atoms with E-state index in [1.54, 1.807) is 71.3 Å². The van der Waals surface area contributed by atoms with Crippen molar-refractivity contribution in [3.8, 4) is 5.75 Å². The van der Waals surface area contributed by atoms with Crippen molar-refractivity contribution in [2.45, 2.75) is 209 Å². The molecule has 5 aliphatic rings. The lowest BCUT2D eigenvalue weighted by Crippen LogP contribution is -2.65. The number of aryl methyl sites for hydroxylation is 1. The van der Waals surface area contributed by atoms with Crippen molar-refractivity contribution in [1.82, 2.24) is 60.0 Å². The summed E-state index contributed by atoms with van der Waals surface area (Å²) in [5.74, 6) is -8.10. The molecule has 2 aromatic carbocycles. The molecule has 586 valence electrons. The molecule has 2 bridgehead atoms. The number of methoxy groups -OCH3 is 1. The number of hydrogen-bond donors (Lipinski definition) is 3. The van der Waals surface area contributed by atoms with E-state index < -0.39 is 168 Å². The van der Waals surface area contributed by atoms with Crippen LogP contribution in [0.2, 0.25) is 0 Å². The lowest BCUT2D eigenvalue weighted by atomic mass is 9.75. The molecule has 4 fully saturated rings. The van der Waals surface area contributed by atoms with E-state index in [1.165, 1.54) is 81.7 Å². The van der Waals surface area contributed by atoms with E-state index in [9.17, 15) is 37.1 Å². The van der Waals surface area contributed by atoms with Gasteiger partial charge in [-0.2, -0.15) is 13.2 Å². The molecule has 2 saturated heterocycles. The molecule has 0 radical (unpaired) electrons. The molecule has 2 aromatic rings. The number of amides is 11. The number of likely N-dealkylation sites (N-methyl/N-ethyl adjacent to an activating group) is 7. The van der Waals surface area contributed by atoms with Gasteiger partial charge in [0, 0.05) is 92.4 Å². The van der Waals surface area contributed by atoms with Crippen molar-refractivity contribution in [3.05, 3.63) is 88.4 Å². The average molecular weight is 1550 g/mol. The van der Waals surface area contributed by atoms with Gasteiger partial charge in [-0.15, -0.1) is 6.58 Å². The first-order chi connectivity index (χ1) is 50.2. The van der Waals surface area contributed by atoms with E-state index in [1.807, 2.05) is 17.9 Å². The van der Waals surface area contributed by atoms with Gasteiger partial charge in [0.05, 0.1) is 49.9 Å². The van der Waals surface area contributed by atoms with Crippen molar-refractivity contribution in [2.75, 3.05) is 102 Å². The minimum absolute atomic E-state index is 0.00601. The molecule has 2 aliphatic carbocycles. The van der Waals surface area contributed by atoms with Crippen molar-refractivity contribution >= 4 is 80.9 Å². The highest BCUT2D eigenvalue weighted by Gasteiger charge is 2.50. The number of benzene rings is 2. The number of hydrogen-bond acceptors (Lipinski definition) is 14. The van der Waals surface area contributed by atoms with Gasteiger partial charge in [0.2, 0.25) is 65.0 Å². The predicted octanol–water partition coefficient (Wildman–Crippen LogP) is 6.39. The van der Waals surface area contributed by atoms with Crippen LogP contribution < -0.4 is 20.7 Å². The summed E-state index contributed by atoms with van der Waals surface area (Å²) in [6.45, 7) is 10.3. The molecule has 10 atom stereocenters. The Morgan fingerprint density at radius 1 is 0.764 bits per heavy atom. The normalized spacial score (nSPS) is 26.2. The molecule has 25 nitrogen and oxygen atoms in total. The highest BCUT2D eigenvalue weighted by Crippen LogP contribution is 2.39. The van der Waals surface area contributed by atoms with Gasteiger partial charge in [0.15, 0.2) is 0 Å². The molecule has 3 aliphatic heterocycles. The number of ether oxygens (including phenoxy) is 2. The minimum Gasteiger partial charge on any atom is -0.496 e. The summed E-state index contributed by atoms with van der Waals surface area (Å²) in [6, 6.07) is 0.647. The number of nitrogens with zero attached hydrogens (tertiary/aromatic N) is 9. The van der Waals surface area contributed by atoms with Crippen molar-refractivity contribution < 1.29 is 75.4 Å². The third-order valence-electron chi connectivity index (χ3n) is 22.1. The fourth-order valence-corrected chi connectivity index (χ4v) is 15.6. The van der Waals surface area contributed by atoms with E-state index in [4.69, 9.17) is 9.47 Å². The van der Waals surface area contributed by atoms with Gasteiger partial charge in [-0.05, 0) is 145 Å². The fourth-order valence-electron chi connectivity index (χ4n) is 15.3. The van der Waals surface area contributed by atoms with Crippen molar-refractivity contribution in [2.24, 2.45) is 11.8 Å². The maximum atomic E-state index is 15.6. The molecule has 0 aromatic heterocycles. The third kappa shape index (κ3) is 21.5. The molecule has 11 amide bonds. The number of rotatable bonds is 17. The average Bonchev–Trinajstić information content (AvgIpc) is 1.32. The molecule has 7 rings (SSSR count). The molecule has 0 unspecified atom stereocenters. The van der Waals surface area contributed by atoms with Crippen LogP contribution in [0.4, 0.5) is 13.2 Å². The quantitative estimate of drug-likeness (QED) is 0.115. The van der Waals surface area contributed by atoms with Gasteiger partial charge in [0.1, 0.15) is 48.0 Å². The number of carbonyl (C=O) groups excluding carboxylic acids is 11. The first-order valence-corrected chi connectivity index (χ1v) is 38.1. The number of carbonyl (C=O) groups is 11. The number of allylic oxidation sites excluding steroid dienone is 1. The van der Waals surface area contributed by atoms with Crippen LogP contribution in [0.1, 0.15) is 147 Å². The highest BCUT2D eigenvalue weighted by molar-refractivity contribution is 9.10. The van der Waals surface area contributed by atoms with Gasteiger partial charge in [-0.3, -0.25) is 57.6 Å².